The SMILES string of the molecule is COc1ccc(-c2cc(-c3cccs3)nc(CSC(N)=O)c2C#N)cc1OC. The molecule has 0 aliphatic rings. The van der Waals surface area contributed by atoms with E-state index in [9.17, 15) is 10.1 Å². The van der Waals surface area contributed by atoms with Crippen LogP contribution in [0.15, 0.2) is 41.8 Å². The minimum Gasteiger partial charge on any atom is -0.493 e. The molecule has 3 rings (SSSR count). The van der Waals surface area contributed by atoms with E-state index < -0.39 is 5.24 Å². The summed E-state index contributed by atoms with van der Waals surface area (Å²) >= 11 is 2.47. The van der Waals surface area contributed by atoms with Crippen LogP contribution in [-0.4, -0.2) is 24.4 Å². The van der Waals surface area contributed by atoms with Crippen LogP contribution in [-0.2, 0) is 5.75 Å². The quantitative estimate of drug-likeness (QED) is 0.632. The first-order valence-corrected chi connectivity index (χ1v) is 10.1. The van der Waals surface area contributed by atoms with Gasteiger partial charge in [-0.05, 0) is 35.2 Å². The Morgan fingerprint density at radius 1 is 1.25 bits per heavy atom. The Balaban J connectivity index is 2.21. The first-order chi connectivity index (χ1) is 13.6. The number of methoxy groups -OCH3 is 2. The Morgan fingerprint density at radius 3 is 2.64 bits per heavy atom. The van der Waals surface area contributed by atoms with Gasteiger partial charge >= 0.3 is 0 Å². The number of carbonyl (C=O) groups excluding carboxylic acids is 1. The molecule has 0 saturated carbocycles. The number of pyridine rings is 1. The van der Waals surface area contributed by atoms with E-state index in [0.717, 1.165) is 27.9 Å². The van der Waals surface area contributed by atoms with Crippen molar-refractivity contribution in [2.45, 2.75) is 5.75 Å². The minimum atomic E-state index is -0.514. The maximum Gasteiger partial charge on any atom is 0.276 e. The molecule has 0 bridgehead atoms. The fourth-order valence-electron chi connectivity index (χ4n) is 2.75. The Bertz CT molecular complexity index is 1040. The third-order valence-corrected chi connectivity index (χ3v) is 5.62. The number of carbonyl (C=O) groups is 1. The maximum atomic E-state index is 11.2. The summed E-state index contributed by atoms with van der Waals surface area (Å²) in [4.78, 5) is 16.8. The molecular weight excluding hydrogens is 394 g/mol. The van der Waals surface area contributed by atoms with Gasteiger partial charge < -0.3 is 15.2 Å². The molecule has 2 heterocycles. The number of thiophene rings is 1. The van der Waals surface area contributed by atoms with E-state index in [2.05, 4.69) is 11.1 Å². The Labute approximate surface area is 170 Å². The average molecular weight is 412 g/mol. The monoisotopic (exact) mass is 411 g/mol. The zero-order valence-corrected chi connectivity index (χ0v) is 16.9. The fraction of sp³-hybridized carbons (Fsp3) is 0.150. The van der Waals surface area contributed by atoms with Crippen molar-refractivity contribution in [2.24, 2.45) is 5.73 Å². The number of rotatable bonds is 6. The topological polar surface area (TPSA) is 98.2 Å². The van der Waals surface area contributed by atoms with Crippen LogP contribution in [0.3, 0.4) is 0 Å². The van der Waals surface area contributed by atoms with Crippen LogP contribution in [0.2, 0.25) is 0 Å². The summed E-state index contributed by atoms with van der Waals surface area (Å²) in [5.41, 5.74) is 8.42. The molecule has 1 aromatic carbocycles. The molecule has 28 heavy (non-hydrogen) atoms. The summed E-state index contributed by atoms with van der Waals surface area (Å²) in [6, 6.07) is 13.5. The highest BCUT2D eigenvalue weighted by molar-refractivity contribution is 8.12. The van der Waals surface area contributed by atoms with Crippen molar-refractivity contribution in [3.63, 3.8) is 0 Å². The zero-order chi connectivity index (χ0) is 20.1. The van der Waals surface area contributed by atoms with Gasteiger partial charge in [-0.1, -0.05) is 23.9 Å². The summed E-state index contributed by atoms with van der Waals surface area (Å²) in [7, 11) is 3.13. The highest BCUT2D eigenvalue weighted by atomic mass is 32.2. The standard InChI is InChI=1S/C20H17N3O3S2/c1-25-17-6-5-12(8-18(17)26-2)13-9-15(19-4-3-7-27-19)23-16(14(13)10-21)11-28-20(22)24/h3-9H,11H2,1-2H3,(H2,22,24). The van der Waals surface area contributed by atoms with Crippen molar-refractivity contribution in [1.29, 1.82) is 5.26 Å². The lowest BCUT2D eigenvalue weighted by molar-refractivity contribution is 0.267. The van der Waals surface area contributed by atoms with Crippen molar-refractivity contribution >= 4 is 28.3 Å². The second kappa shape index (κ2) is 8.78. The summed E-state index contributed by atoms with van der Waals surface area (Å²) in [5.74, 6) is 1.38. The van der Waals surface area contributed by atoms with E-state index >= 15 is 0 Å². The Morgan fingerprint density at radius 2 is 2.04 bits per heavy atom. The Kier molecular flexibility index (Phi) is 6.19. The van der Waals surface area contributed by atoms with E-state index in [0.29, 0.717) is 28.3 Å². The number of ether oxygens (including phenoxy) is 2. The fourth-order valence-corrected chi connectivity index (χ4v) is 3.92. The van der Waals surface area contributed by atoms with Gasteiger partial charge in [0.15, 0.2) is 11.5 Å². The van der Waals surface area contributed by atoms with Crippen LogP contribution in [0.25, 0.3) is 21.7 Å². The van der Waals surface area contributed by atoms with E-state index in [-0.39, 0.29) is 5.75 Å². The third-order valence-electron chi connectivity index (χ3n) is 4.03. The highest BCUT2D eigenvalue weighted by Gasteiger charge is 2.18. The summed E-state index contributed by atoms with van der Waals surface area (Å²) in [6.45, 7) is 0. The zero-order valence-electron chi connectivity index (χ0n) is 15.3. The predicted molar refractivity (Wildman–Crippen MR) is 112 cm³/mol. The molecule has 0 atom stereocenters. The minimum absolute atomic E-state index is 0.220. The number of nitriles is 1. The van der Waals surface area contributed by atoms with Crippen LogP contribution in [0.5, 0.6) is 11.5 Å². The summed E-state index contributed by atoms with van der Waals surface area (Å²) < 4.78 is 10.7. The lowest BCUT2D eigenvalue weighted by Crippen LogP contribution is -2.05. The largest absolute Gasteiger partial charge is 0.493 e. The number of nitrogens with two attached hydrogens (primary N) is 1. The first-order valence-electron chi connectivity index (χ1n) is 8.20. The molecule has 0 radical (unpaired) electrons. The number of benzene rings is 1. The van der Waals surface area contributed by atoms with Gasteiger partial charge in [-0.3, -0.25) is 4.79 Å². The molecule has 0 saturated heterocycles. The van der Waals surface area contributed by atoms with Gasteiger partial charge in [-0.15, -0.1) is 11.3 Å². The van der Waals surface area contributed by atoms with Gasteiger partial charge in [0.2, 0.25) is 0 Å². The van der Waals surface area contributed by atoms with Crippen LogP contribution in [0, 0.1) is 11.3 Å². The van der Waals surface area contributed by atoms with E-state index in [1.165, 1.54) is 0 Å². The maximum absolute atomic E-state index is 11.2. The van der Waals surface area contributed by atoms with Crippen molar-refractivity contribution in [1.82, 2.24) is 4.98 Å². The molecule has 142 valence electrons. The van der Waals surface area contributed by atoms with Crippen molar-refractivity contribution in [3.8, 4) is 39.3 Å². The number of hydrogen-bond donors (Lipinski definition) is 1. The van der Waals surface area contributed by atoms with Crippen LogP contribution < -0.4 is 15.2 Å². The number of nitrogens with zero attached hydrogens (tertiary/aromatic N) is 2. The lowest BCUT2D eigenvalue weighted by atomic mass is 9.98. The molecule has 2 aromatic heterocycles. The molecule has 3 aromatic rings. The molecule has 8 heteroatoms. The molecule has 6 nitrogen and oxygen atoms in total. The van der Waals surface area contributed by atoms with Crippen LogP contribution in [0.1, 0.15) is 11.3 Å². The lowest BCUT2D eigenvalue weighted by Gasteiger charge is -2.14. The Hall–Kier alpha value is -3.02. The van der Waals surface area contributed by atoms with Crippen LogP contribution >= 0.6 is 23.1 Å². The van der Waals surface area contributed by atoms with E-state index in [1.54, 1.807) is 31.6 Å². The number of hydrogen-bond acceptors (Lipinski definition) is 7. The molecule has 1 amide bonds. The second-order valence-corrected chi connectivity index (χ2v) is 7.57. The number of thioether (sulfide) groups is 1. The van der Waals surface area contributed by atoms with Crippen molar-refractivity contribution in [2.75, 3.05) is 14.2 Å². The molecular formula is C20H17N3O3S2. The summed E-state index contributed by atoms with van der Waals surface area (Å²) in [6.07, 6.45) is 0. The van der Waals surface area contributed by atoms with Crippen molar-refractivity contribution < 1.29 is 14.3 Å². The predicted octanol–water partition coefficient (Wildman–Crippen LogP) is 4.68. The van der Waals surface area contributed by atoms with Crippen molar-refractivity contribution in [3.05, 3.63) is 53.0 Å². The van der Waals surface area contributed by atoms with Gasteiger partial charge in [0.25, 0.3) is 5.24 Å². The molecule has 0 unspecified atom stereocenters. The summed E-state index contributed by atoms with van der Waals surface area (Å²) in [5, 5.41) is 11.3. The third kappa shape index (κ3) is 4.11. The second-order valence-electron chi connectivity index (χ2n) is 5.64. The van der Waals surface area contributed by atoms with Gasteiger partial charge in [-0.25, -0.2) is 4.98 Å². The van der Waals surface area contributed by atoms with Gasteiger partial charge in [0.1, 0.15) is 6.07 Å². The van der Waals surface area contributed by atoms with E-state index in [4.69, 9.17) is 15.2 Å². The highest BCUT2D eigenvalue weighted by Crippen LogP contribution is 2.37. The van der Waals surface area contributed by atoms with E-state index in [1.807, 2.05) is 35.7 Å². The molecule has 0 fully saturated rings. The number of amides is 1. The molecule has 0 aliphatic heterocycles. The first kappa shape index (κ1) is 19.7. The van der Waals surface area contributed by atoms with Gasteiger partial charge in [-0.2, -0.15) is 5.26 Å². The average Bonchev–Trinajstić information content (AvgIpc) is 3.25. The normalized spacial score (nSPS) is 10.3. The smallest absolute Gasteiger partial charge is 0.276 e. The molecule has 0 spiro atoms. The van der Waals surface area contributed by atoms with Crippen LogP contribution in [0.4, 0.5) is 4.79 Å². The molecule has 2 N–H and O–H groups in total. The number of aromatic nitrogens is 1. The van der Waals surface area contributed by atoms with Gasteiger partial charge in [0.05, 0.1) is 36.0 Å². The molecule has 0 aliphatic carbocycles. The van der Waals surface area contributed by atoms with Gasteiger partial charge in [0, 0.05) is 11.3 Å². The number of primary amides is 1.